The second-order valence-electron chi connectivity index (χ2n) is 2.53. The number of methoxy groups -OCH3 is 1. The number of aromatic nitrogens is 1. The lowest BCUT2D eigenvalue weighted by molar-refractivity contribution is 0.413. The molecule has 1 rings (SSSR count). The first kappa shape index (κ1) is 9.29. The number of halogens is 1. The number of nitrogens with two attached hydrogens (primary N) is 1. The lowest BCUT2D eigenvalue weighted by atomic mass is 10.2. The molecule has 0 aliphatic rings. The SMILES string of the molecule is COc1cc(C(C)N)ncc1Cl. The van der Waals surface area contributed by atoms with Crippen LogP contribution in [0.15, 0.2) is 12.3 Å². The van der Waals surface area contributed by atoms with E-state index in [1.807, 2.05) is 6.92 Å². The predicted molar refractivity (Wildman–Crippen MR) is 48.4 cm³/mol. The molecule has 1 unspecified atom stereocenters. The first-order valence-corrected chi connectivity index (χ1v) is 3.98. The molecule has 1 heterocycles. The highest BCUT2D eigenvalue weighted by Crippen LogP contribution is 2.24. The van der Waals surface area contributed by atoms with Crippen molar-refractivity contribution in [2.24, 2.45) is 5.73 Å². The summed E-state index contributed by atoms with van der Waals surface area (Å²) >= 11 is 5.77. The molecule has 0 aliphatic carbocycles. The summed E-state index contributed by atoms with van der Waals surface area (Å²) in [5, 5.41) is 0.502. The third-order valence-electron chi connectivity index (χ3n) is 1.53. The summed E-state index contributed by atoms with van der Waals surface area (Å²) in [6.45, 7) is 1.86. The van der Waals surface area contributed by atoms with E-state index >= 15 is 0 Å². The Kier molecular flexibility index (Phi) is 2.89. The van der Waals surface area contributed by atoms with Crippen molar-refractivity contribution in [3.05, 3.63) is 23.0 Å². The molecule has 0 aliphatic heterocycles. The lowest BCUT2D eigenvalue weighted by Crippen LogP contribution is -2.07. The first-order chi connectivity index (χ1) is 5.65. The van der Waals surface area contributed by atoms with Gasteiger partial charge in [0.05, 0.1) is 12.8 Å². The van der Waals surface area contributed by atoms with E-state index in [1.165, 1.54) is 0 Å². The predicted octanol–water partition coefficient (Wildman–Crippen LogP) is 1.76. The Morgan fingerprint density at radius 1 is 1.67 bits per heavy atom. The van der Waals surface area contributed by atoms with Crippen LogP contribution in [0.2, 0.25) is 5.02 Å². The fourth-order valence-electron chi connectivity index (χ4n) is 0.841. The van der Waals surface area contributed by atoms with Gasteiger partial charge in [-0.1, -0.05) is 11.6 Å². The number of ether oxygens (including phenoxy) is 1. The lowest BCUT2D eigenvalue weighted by Gasteiger charge is -2.07. The van der Waals surface area contributed by atoms with Crippen LogP contribution in [0.1, 0.15) is 18.7 Å². The van der Waals surface area contributed by atoms with Gasteiger partial charge in [-0.25, -0.2) is 0 Å². The largest absolute Gasteiger partial charge is 0.495 e. The molecule has 3 nitrogen and oxygen atoms in total. The van der Waals surface area contributed by atoms with Crippen molar-refractivity contribution in [3.8, 4) is 5.75 Å². The van der Waals surface area contributed by atoms with Crippen LogP contribution in [-0.4, -0.2) is 12.1 Å². The van der Waals surface area contributed by atoms with Crippen LogP contribution in [0.25, 0.3) is 0 Å². The van der Waals surface area contributed by atoms with Crippen molar-refractivity contribution in [3.63, 3.8) is 0 Å². The van der Waals surface area contributed by atoms with Crippen molar-refractivity contribution < 1.29 is 4.74 Å². The molecule has 0 fully saturated rings. The van der Waals surface area contributed by atoms with Gasteiger partial charge in [0.1, 0.15) is 10.8 Å². The van der Waals surface area contributed by atoms with Gasteiger partial charge in [-0.2, -0.15) is 0 Å². The second-order valence-corrected chi connectivity index (χ2v) is 2.94. The quantitative estimate of drug-likeness (QED) is 0.766. The molecule has 4 heteroatoms. The molecule has 1 aromatic heterocycles. The Morgan fingerprint density at radius 2 is 2.33 bits per heavy atom. The Hall–Kier alpha value is -0.800. The van der Waals surface area contributed by atoms with Gasteiger partial charge in [-0.15, -0.1) is 0 Å². The van der Waals surface area contributed by atoms with E-state index in [9.17, 15) is 0 Å². The van der Waals surface area contributed by atoms with Crippen molar-refractivity contribution in [2.75, 3.05) is 7.11 Å². The zero-order valence-corrected chi connectivity index (χ0v) is 7.80. The van der Waals surface area contributed by atoms with Gasteiger partial charge >= 0.3 is 0 Å². The summed E-state index contributed by atoms with van der Waals surface area (Å²) < 4.78 is 5.01. The van der Waals surface area contributed by atoms with Crippen LogP contribution in [-0.2, 0) is 0 Å². The van der Waals surface area contributed by atoms with Crippen LogP contribution in [0.4, 0.5) is 0 Å². The maximum absolute atomic E-state index is 5.77. The highest BCUT2D eigenvalue weighted by Gasteiger charge is 2.05. The number of hydrogen-bond acceptors (Lipinski definition) is 3. The van der Waals surface area contributed by atoms with Crippen molar-refractivity contribution in [1.82, 2.24) is 4.98 Å². The van der Waals surface area contributed by atoms with E-state index < -0.39 is 0 Å². The molecule has 0 radical (unpaired) electrons. The molecule has 1 atom stereocenters. The van der Waals surface area contributed by atoms with Crippen LogP contribution < -0.4 is 10.5 Å². The van der Waals surface area contributed by atoms with E-state index in [0.717, 1.165) is 5.69 Å². The molecule has 0 aromatic carbocycles. The summed E-state index contributed by atoms with van der Waals surface area (Å²) in [6.07, 6.45) is 1.54. The van der Waals surface area contributed by atoms with E-state index in [0.29, 0.717) is 10.8 Å². The average Bonchev–Trinajstić information content (AvgIpc) is 2.05. The Morgan fingerprint density at radius 3 is 2.83 bits per heavy atom. The van der Waals surface area contributed by atoms with Crippen LogP contribution in [0, 0.1) is 0 Å². The molecule has 0 spiro atoms. The molecular formula is C8H11ClN2O. The van der Waals surface area contributed by atoms with Gasteiger partial charge in [-0.3, -0.25) is 4.98 Å². The topological polar surface area (TPSA) is 48.1 Å². The van der Waals surface area contributed by atoms with E-state index in [1.54, 1.807) is 19.4 Å². The Labute approximate surface area is 76.5 Å². The summed E-state index contributed by atoms with van der Waals surface area (Å²) in [5.41, 5.74) is 6.40. The zero-order valence-electron chi connectivity index (χ0n) is 7.04. The van der Waals surface area contributed by atoms with Gasteiger partial charge in [0.15, 0.2) is 0 Å². The molecule has 1 aromatic rings. The molecule has 12 heavy (non-hydrogen) atoms. The number of rotatable bonds is 2. The number of pyridine rings is 1. The highest BCUT2D eigenvalue weighted by molar-refractivity contribution is 6.31. The van der Waals surface area contributed by atoms with Gasteiger partial charge < -0.3 is 10.5 Å². The monoisotopic (exact) mass is 186 g/mol. The standard InChI is InChI=1S/C8H11ClN2O/c1-5(10)7-3-8(12-2)6(9)4-11-7/h3-5H,10H2,1-2H3. The molecular weight excluding hydrogens is 176 g/mol. The second kappa shape index (κ2) is 3.74. The zero-order chi connectivity index (χ0) is 9.14. The maximum atomic E-state index is 5.77. The molecule has 0 saturated heterocycles. The van der Waals surface area contributed by atoms with Crippen LogP contribution in [0.5, 0.6) is 5.75 Å². The smallest absolute Gasteiger partial charge is 0.140 e. The Bertz CT molecular complexity index is 276. The maximum Gasteiger partial charge on any atom is 0.140 e. The minimum Gasteiger partial charge on any atom is -0.495 e. The van der Waals surface area contributed by atoms with Crippen molar-refractivity contribution >= 4 is 11.6 Å². The summed E-state index contributed by atoms with van der Waals surface area (Å²) in [4.78, 5) is 4.05. The Balaban J connectivity index is 3.05. The van der Waals surface area contributed by atoms with Gasteiger partial charge in [0.2, 0.25) is 0 Å². The van der Waals surface area contributed by atoms with Crippen LogP contribution >= 0.6 is 11.6 Å². The fourth-order valence-corrected chi connectivity index (χ4v) is 1.02. The molecule has 0 bridgehead atoms. The summed E-state index contributed by atoms with van der Waals surface area (Å²) in [6, 6.07) is 1.64. The van der Waals surface area contributed by atoms with E-state index in [4.69, 9.17) is 22.1 Å². The third kappa shape index (κ3) is 1.87. The number of hydrogen-bond donors (Lipinski definition) is 1. The molecule has 2 N–H and O–H groups in total. The first-order valence-electron chi connectivity index (χ1n) is 3.60. The fraction of sp³-hybridized carbons (Fsp3) is 0.375. The molecule has 0 saturated carbocycles. The van der Waals surface area contributed by atoms with Crippen molar-refractivity contribution in [1.29, 1.82) is 0 Å². The number of nitrogens with zero attached hydrogens (tertiary/aromatic N) is 1. The van der Waals surface area contributed by atoms with Gasteiger partial charge in [-0.05, 0) is 6.92 Å². The van der Waals surface area contributed by atoms with Crippen LogP contribution in [0.3, 0.4) is 0 Å². The van der Waals surface area contributed by atoms with Crippen molar-refractivity contribution in [2.45, 2.75) is 13.0 Å². The average molecular weight is 187 g/mol. The molecule has 66 valence electrons. The minimum atomic E-state index is -0.101. The van der Waals surface area contributed by atoms with E-state index in [-0.39, 0.29) is 6.04 Å². The van der Waals surface area contributed by atoms with Gasteiger partial charge in [0, 0.05) is 18.3 Å². The molecule has 0 amide bonds. The van der Waals surface area contributed by atoms with E-state index in [2.05, 4.69) is 4.98 Å². The van der Waals surface area contributed by atoms with Gasteiger partial charge in [0.25, 0.3) is 0 Å². The summed E-state index contributed by atoms with van der Waals surface area (Å²) in [7, 11) is 1.56. The summed E-state index contributed by atoms with van der Waals surface area (Å²) in [5.74, 6) is 0.610. The highest BCUT2D eigenvalue weighted by atomic mass is 35.5. The minimum absolute atomic E-state index is 0.101. The third-order valence-corrected chi connectivity index (χ3v) is 1.81. The normalized spacial score (nSPS) is 12.7.